The van der Waals surface area contributed by atoms with E-state index in [1.54, 1.807) is 21.9 Å². The van der Waals surface area contributed by atoms with Crippen LogP contribution in [-0.2, 0) is 0 Å². The number of fused-ring (bicyclic) bond motifs is 1. The molecule has 0 aliphatic carbocycles. The van der Waals surface area contributed by atoms with Crippen molar-refractivity contribution in [2.24, 2.45) is 0 Å². The third kappa shape index (κ3) is 3.35. The van der Waals surface area contributed by atoms with Crippen LogP contribution >= 0.6 is 12.2 Å². The fourth-order valence-corrected chi connectivity index (χ4v) is 3.53. The Morgan fingerprint density at radius 1 is 0.926 bits per heavy atom. The predicted octanol–water partition coefficient (Wildman–Crippen LogP) is 2.96. The Morgan fingerprint density at radius 2 is 1.56 bits per heavy atom. The second-order valence-electron chi connectivity index (χ2n) is 6.41. The number of halogens is 1. The van der Waals surface area contributed by atoms with E-state index in [1.807, 2.05) is 18.2 Å². The number of hydrogen-bond donors (Lipinski definition) is 2. The van der Waals surface area contributed by atoms with Gasteiger partial charge in [-0.05, 0) is 36.5 Å². The summed E-state index contributed by atoms with van der Waals surface area (Å²) in [5.41, 5.74) is 1.82. The van der Waals surface area contributed by atoms with E-state index in [4.69, 9.17) is 12.2 Å². The van der Waals surface area contributed by atoms with Gasteiger partial charge < -0.3 is 19.8 Å². The lowest BCUT2D eigenvalue weighted by molar-refractivity contribution is 0.0536. The van der Waals surface area contributed by atoms with E-state index in [-0.39, 0.29) is 17.4 Å². The number of aromatic amines is 2. The van der Waals surface area contributed by atoms with Gasteiger partial charge >= 0.3 is 0 Å². The van der Waals surface area contributed by atoms with E-state index in [0.29, 0.717) is 47.5 Å². The van der Waals surface area contributed by atoms with Gasteiger partial charge in [0.2, 0.25) is 0 Å². The number of nitrogens with zero attached hydrogens (tertiary/aromatic N) is 2. The molecule has 2 aromatic carbocycles. The summed E-state index contributed by atoms with van der Waals surface area (Å²) in [7, 11) is 0. The molecule has 6 nitrogen and oxygen atoms in total. The number of aromatic nitrogens is 2. The smallest absolute Gasteiger partial charge is 0.256 e. The third-order valence-electron chi connectivity index (χ3n) is 4.70. The molecular weight excluding hydrogens is 367 g/mol. The highest BCUT2D eigenvalue weighted by Gasteiger charge is 2.27. The second kappa shape index (κ2) is 6.96. The minimum Gasteiger partial charge on any atom is -0.335 e. The van der Waals surface area contributed by atoms with Gasteiger partial charge in [-0.3, -0.25) is 9.59 Å². The topological polar surface area (TPSA) is 72.2 Å². The minimum atomic E-state index is -0.506. The van der Waals surface area contributed by atoms with Crippen molar-refractivity contribution in [2.45, 2.75) is 0 Å². The first-order chi connectivity index (χ1) is 13.0. The molecule has 0 spiro atoms. The lowest BCUT2D eigenvalue weighted by Gasteiger charge is -2.35. The summed E-state index contributed by atoms with van der Waals surface area (Å²) in [5.74, 6) is -0.837. The lowest BCUT2D eigenvalue weighted by atomic mass is 10.1. The zero-order valence-corrected chi connectivity index (χ0v) is 15.2. The van der Waals surface area contributed by atoms with Crippen molar-refractivity contribution in [1.29, 1.82) is 0 Å². The summed E-state index contributed by atoms with van der Waals surface area (Å²) in [6.07, 6.45) is 0. The summed E-state index contributed by atoms with van der Waals surface area (Å²) in [6.45, 7) is 1.64. The number of nitrogens with one attached hydrogen (secondary N) is 2. The van der Waals surface area contributed by atoms with Crippen molar-refractivity contribution in [3.8, 4) is 0 Å². The average molecular weight is 384 g/mol. The van der Waals surface area contributed by atoms with E-state index in [0.717, 1.165) is 0 Å². The fourth-order valence-electron chi connectivity index (χ4n) is 3.32. The molecule has 1 aromatic heterocycles. The van der Waals surface area contributed by atoms with Crippen molar-refractivity contribution in [1.82, 2.24) is 19.8 Å². The maximum atomic E-state index is 13.9. The van der Waals surface area contributed by atoms with Gasteiger partial charge in [0.25, 0.3) is 11.8 Å². The zero-order chi connectivity index (χ0) is 19.0. The largest absolute Gasteiger partial charge is 0.335 e. The van der Waals surface area contributed by atoms with E-state index in [2.05, 4.69) is 9.97 Å². The minimum absolute atomic E-state index is 0.0504. The summed E-state index contributed by atoms with van der Waals surface area (Å²) in [4.78, 5) is 34.5. The van der Waals surface area contributed by atoms with Gasteiger partial charge in [0.1, 0.15) is 5.82 Å². The molecule has 3 aromatic rings. The van der Waals surface area contributed by atoms with E-state index in [9.17, 15) is 14.0 Å². The van der Waals surface area contributed by atoms with Crippen LogP contribution < -0.4 is 0 Å². The molecule has 0 bridgehead atoms. The summed E-state index contributed by atoms with van der Waals surface area (Å²) in [5, 5.41) is 0. The molecule has 138 valence electrons. The number of imidazole rings is 1. The molecule has 8 heteroatoms. The molecule has 2 amide bonds. The Kier molecular flexibility index (Phi) is 4.49. The molecule has 0 atom stereocenters. The van der Waals surface area contributed by atoms with E-state index in [1.165, 1.54) is 12.1 Å². The number of amides is 2. The first-order valence-electron chi connectivity index (χ1n) is 8.58. The molecule has 4 rings (SSSR count). The fraction of sp³-hybridized carbons (Fsp3) is 0.211. The van der Waals surface area contributed by atoms with Crippen LogP contribution in [0.4, 0.5) is 4.39 Å². The molecule has 0 saturated carbocycles. The first-order valence-corrected chi connectivity index (χ1v) is 8.99. The average Bonchev–Trinajstić information content (AvgIpc) is 3.07. The number of rotatable bonds is 2. The number of benzene rings is 2. The summed E-state index contributed by atoms with van der Waals surface area (Å²) in [6, 6.07) is 11.6. The molecule has 1 fully saturated rings. The van der Waals surface area contributed by atoms with Crippen LogP contribution in [0, 0.1) is 10.6 Å². The number of carbonyl (C=O) groups excluding carboxylic acids is 2. The van der Waals surface area contributed by atoms with Crippen molar-refractivity contribution in [3.63, 3.8) is 0 Å². The first kappa shape index (κ1) is 17.4. The Balaban J connectivity index is 1.51. The standard InChI is InChI=1S/C19H17FN4O2S/c20-13-10-14(16-15(11-13)21-19(27)22-16)18(26)24-8-6-23(7-9-24)17(25)12-4-2-1-3-5-12/h1-5,10-11H,6-9H2,(H2,21,22,27). The number of carbonyl (C=O) groups is 2. The van der Waals surface area contributed by atoms with E-state index < -0.39 is 5.82 Å². The molecule has 2 heterocycles. The quantitative estimate of drug-likeness (QED) is 0.668. The van der Waals surface area contributed by atoms with Crippen LogP contribution in [-0.4, -0.2) is 57.8 Å². The SMILES string of the molecule is O=C(c1ccccc1)N1CCN(C(=O)c2cc(F)cc3[nH]c(=S)[nH]c23)CC1. The van der Waals surface area contributed by atoms with E-state index >= 15 is 0 Å². The summed E-state index contributed by atoms with van der Waals surface area (Å²) < 4.78 is 14.2. The van der Waals surface area contributed by atoms with Gasteiger partial charge in [0.15, 0.2) is 4.77 Å². The molecular formula is C19H17FN4O2S. The lowest BCUT2D eigenvalue weighted by Crippen LogP contribution is -2.50. The monoisotopic (exact) mass is 384 g/mol. The van der Waals surface area contributed by atoms with Crippen molar-refractivity contribution in [2.75, 3.05) is 26.2 Å². The predicted molar refractivity (Wildman–Crippen MR) is 102 cm³/mol. The number of hydrogen-bond acceptors (Lipinski definition) is 3. The Morgan fingerprint density at radius 3 is 2.22 bits per heavy atom. The molecule has 27 heavy (non-hydrogen) atoms. The highest BCUT2D eigenvalue weighted by atomic mass is 32.1. The number of H-pyrrole nitrogens is 2. The Labute approximate surface area is 159 Å². The van der Waals surface area contributed by atoms with Crippen molar-refractivity contribution < 1.29 is 14.0 Å². The highest BCUT2D eigenvalue weighted by Crippen LogP contribution is 2.20. The van der Waals surface area contributed by atoms with Gasteiger partial charge in [-0.2, -0.15) is 0 Å². The van der Waals surface area contributed by atoms with Gasteiger partial charge in [0, 0.05) is 31.7 Å². The van der Waals surface area contributed by atoms with Crippen molar-refractivity contribution >= 4 is 35.1 Å². The van der Waals surface area contributed by atoms with Crippen LogP contribution in [0.1, 0.15) is 20.7 Å². The maximum Gasteiger partial charge on any atom is 0.256 e. The maximum absolute atomic E-state index is 13.9. The number of piperazine rings is 1. The van der Waals surface area contributed by atoms with Crippen LogP contribution in [0.2, 0.25) is 0 Å². The van der Waals surface area contributed by atoms with Crippen LogP contribution in [0.25, 0.3) is 11.0 Å². The van der Waals surface area contributed by atoms with Gasteiger partial charge in [-0.25, -0.2) is 4.39 Å². The Bertz CT molecular complexity index is 1070. The van der Waals surface area contributed by atoms with Crippen LogP contribution in [0.15, 0.2) is 42.5 Å². The van der Waals surface area contributed by atoms with Gasteiger partial charge in [-0.1, -0.05) is 18.2 Å². The van der Waals surface area contributed by atoms with Gasteiger partial charge in [0.05, 0.1) is 16.6 Å². The second-order valence-corrected chi connectivity index (χ2v) is 6.81. The highest BCUT2D eigenvalue weighted by molar-refractivity contribution is 7.71. The molecule has 1 aliphatic rings. The van der Waals surface area contributed by atoms with Crippen LogP contribution in [0.5, 0.6) is 0 Å². The summed E-state index contributed by atoms with van der Waals surface area (Å²) >= 11 is 5.05. The zero-order valence-electron chi connectivity index (χ0n) is 14.4. The molecule has 2 N–H and O–H groups in total. The van der Waals surface area contributed by atoms with Crippen molar-refractivity contribution in [3.05, 3.63) is 64.2 Å². The molecule has 1 saturated heterocycles. The van der Waals surface area contributed by atoms with Gasteiger partial charge in [-0.15, -0.1) is 0 Å². The normalized spacial score (nSPS) is 14.6. The third-order valence-corrected chi connectivity index (χ3v) is 4.90. The molecule has 0 radical (unpaired) electrons. The molecule has 0 unspecified atom stereocenters. The Hall–Kier alpha value is -3.00. The molecule has 1 aliphatic heterocycles. The van der Waals surface area contributed by atoms with Crippen LogP contribution in [0.3, 0.4) is 0 Å².